The fourth-order valence-electron chi connectivity index (χ4n) is 2.03. The van der Waals surface area contributed by atoms with Gasteiger partial charge in [-0.2, -0.15) is 18.2 Å². The molecule has 0 amide bonds. The number of aromatic nitrogens is 2. The van der Waals surface area contributed by atoms with E-state index in [1.165, 1.54) is 12.3 Å². The lowest BCUT2D eigenvalue weighted by atomic mass is 10.1. The third-order valence-corrected chi connectivity index (χ3v) is 3.51. The highest BCUT2D eigenvalue weighted by atomic mass is 32.2. The third-order valence-electron chi connectivity index (χ3n) is 2.96. The van der Waals surface area contributed by atoms with Gasteiger partial charge in [0.05, 0.1) is 29.5 Å². The highest BCUT2D eigenvalue weighted by molar-refractivity contribution is 7.85. The minimum Gasteiger partial charge on any atom is -0.442 e. The lowest BCUT2D eigenvalue weighted by Crippen LogP contribution is -2.27. The Morgan fingerprint density at radius 2 is 2.00 bits per heavy atom. The predicted octanol–water partition coefficient (Wildman–Crippen LogP) is 2.20. The Labute approximate surface area is 143 Å². The number of hydrogen-bond acceptors (Lipinski definition) is 8. The lowest BCUT2D eigenvalue weighted by Gasteiger charge is -2.19. The van der Waals surface area contributed by atoms with Crippen LogP contribution in [0.15, 0.2) is 18.3 Å². The van der Waals surface area contributed by atoms with Crippen LogP contribution in [0.3, 0.4) is 0 Å². The van der Waals surface area contributed by atoms with Gasteiger partial charge in [-0.1, -0.05) is 0 Å². The average molecular weight is 371 g/mol. The number of nitro groups is 1. The van der Waals surface area contributed by atoms with Crippen molar-refractivity contribution in [3.05, 3.63) is 34.0 Å². The molecule has 0 aliphatic heterocycles. The van der Waals surface area contributed by atoms with Gasteiger partial charge in [-0.05, 0) is 26.3 Å². The first-order chi connectivity index (χ1) is 11.4. The summed E-state index contributed by atoms with van der Waals surface area (Å²) in [5.74, 6) is 0. The molecule has 2 aromatic rings. The van der Waals surface area contributed by atoms with Gasteiger partial charge < -0.3 is 4.74 Å². The van der Waals surface area contributed by atoms with Crippen molar-refractivity contribution in [3.8, 4) is 0 Å². The van der Waals surface area contributed by atoms with Crippen LogP contribution in [0.25, 0.3) is 10.9 Å². The van der Waals surface area contributed by atoms with Gasteiger partial charge in [-0.15, -0.1) is 0 Å². The van der Waals surface area contributed by atoms with E-state index in [-0.39, 0.29) is 16.8 Å². The summed E-state index contributed by atoms with van der Waals surface area (Å²) < 4.78 is 33.2. The van der Waals surface area contributed by atoms with E-state index in [4.69, 9.17) is 8.92 Å². The minimum absolute atomic E-state index is 0.121. The molecule has 0 spiro atoms. The van der Waals surface area contributed by atoms with Crippen molar-refractivity contribution in [1.82, 2.24) is 9.78 Å². The number of nitro benzene ring substituents is 1. The minimum atomic E-state index is -3.75. The predicted molar refractivity (Wildman–Crippen MR) is 87.7 cm³/mol. The monoisotopic (exact) mass is 371 g/mol. The molecule has 1 aromatic heterocycles. The van der Waals surface area contributed by atoms with E-state index >= 15 is 0 Å². The molecule has 0 aliphatic carbocycles. The smallest absolute Gasteiger partial charge is 0.435 e. The third kappa shape index (κ3) is 4.73. The van der Waals surface area contributed by atoms with Crippen molar-refractivity contribution >= 4 is 32.8 Å². The van der Waals surface area contributed by atoms with Crippen LogP contribution < -0.4 is 0 Å². The van der Waals surface area contributed by atoms with E-state index in [0.29, 0.717) is 5.39 Å². The van der Waals surface area contributed by atoms with Crippen LogP contribution in [0.1, 0.15) is 26.3 Å². The molecule has 0 atom stereocenters. The molecule has 0 radical (unpaired) electrons. The second-order valence-corrected chi connectivity index (χ2v) is 7.94. The molecule has 0 N–H and O–H groups in total. The van der Waals surface area contributed by atoms with Crippen LogP contribution >= 0.6 is 0 Å². The number of non-ortho nitro benzene ring substituents is 1. The first kappa shape index (κ1) is 18.8. The molecule has 0 aliphatic rings. The van der Waals surface area contributed by atoms with Gasteiger partial charge in [0, 0.05) is 17.5 Å². The Balaban J connectivity index is 2.55. The summed E-state index contributed by atoms with van der Waals surface area (Å²) in [6.45, 7) is 4.59. The molecule has 0 bridgehead atoms. The largest absolute Gasteiger partial charge is 0.442 e. The number of fused-ring (bicyclic) bond motifs is 1. The number of ether oxygens (including phenoxy) is 1. The summed E-state index contributed by atoms with van der Waals surface area (Å²) in [6.07, 6.45) is 1.35. The Kier molecular flexibility index (Phi) is 4.82. The highest BCUT2D eigenvalue weighted by Crippen LogP contribution is 2.27. The van der Waals surface area contributed by atoms with Crippen LogP contribution in [0.2, 0.25) is 0 Å². The van der Waals surface area contributed by atoms with E-state index in [0.717, 1.165) is 17.0 Å². The molecular formula is C14H17N3O7S. The van der Waals surface area contributed by atoms with Crippen molar-refractivity contribution in [1.29, 1.82) is 0 Å². The normalized spacial score (nSPS) is 12.3. The van der Waals surface area contributed by atoms with Crippen LogP contribution in [0.4, 0.5) is 10.5 Å². The SMILES string of the molecule is CC(C)(C)OC(=O)n1ncc2c(COS(C)(=O)=O)cc([N+](=O)[O-])cc21. The van der Waals surface area contributed by atoms with Crippen LogP contribution in [0.5, 0.6) is 0 Å². The standard InChI is InChI=1S/C14H17N3O7S/c1-14(2,3)24-13(18)16-12-6-10(17(19)20)5-9(11(12)7-15-16)8-23-25(4,21)22/h5-7H,8H2,1-4H3. The highest BCUT2D eigenvalue weighted by Gasteiger charge is 2.23. The molecule has 0 saturated heterocycles. The molecule has 0 saturated carbocycles. The van der Waals surface area contributed by atoms with Gasteiger partial charge in [0.25, 0.3) is 15.8 Å². The number of rotatable bonds is 4. The summed E-state index contributed by atoms with van der Waals surface area (Å²) in [5.41, 5.74) is -0.775. The topological polar surface area (TPSA) is 131 Å². The summed E-state index contributed by atoms with van der Waals surface area (Å²) in [5, 5.41) is 15.4. The molecule has 25 heavy (non-hydrogen) atoms. The molecule has 11 heteroatoms. The van der Waals surface area contributed by atoms with E-state index in [9.17, 15) is 23.3 Å². The number of carbonyl (C=O) groups is 1. The average Bonchev–Trinajstić information content (AvgIpc) is 2.85. The zero-order valence-electron chi connectivity index (χ0n) is 14.0. The molecule has 0 fully saturated rings. The number of hydrogen-bond donors (Lipinski definition) is 0. The van der Waals surface area contributed by atoms with Crippen molar-refractivity contribution < 1.29 is 27.1 Å². The van der Waals surface area contributed by atoms with Gasteiger partial charge >= 0.3 is 6.09 Å². The number of benzene rings is 1. The first-order valence-corrected chi connectivity index (χ1v) is 8.92. The molecular weight excluding hydrogens is 354 g/mol. The van der Waals surface area contributed by atoms with Crippen molar-refractivity contribution in [2.24, 2.45) is 0 Å². The molecule has 136 valence electrons. The van der Waals surface area contributed by atoms with Crippen LogP contribution in [-0.4, -0.2) is 41.1 Å². The molecule has 0 unspecified atom stereocenters. The zero-order chi connectivity index (χ0) is 19.0. The van der Waals surface area contributed by atoms with Crippen molar-refractivity contribution in [2.45, 2.75) is 33.0 Å². The second-order valence-electron chi connectivity index (χ2n) is 6.30. The summed E-state index contributed by atoms with van der Waals surface area (Å²) in [4.78, 5) is 22.7. The zero-order valence-corrected chi connectivity index (χ0v) is 14.9. The maximum Gasteiger partial charge on any atom is 0.435 e. The lowest BCUT2D eigenvalue weighted by molar-refractivity contribution is -0.384. The summed E-state index contributed by atoms with van der Waals surface area (Å²) in [6, 6.07) is 2.34. The number of nitrogens with zero attached hydrogens (tertiary/aromatic N) is 3. The summed E-state index contributed by atoms with van der Waals surface area (Å²) >= 11 is 0. The second kappa shape index (κ2) is 6.41. The Morgan fingerprint density at radius 1 is 1.36 bits per heavy atom. The first-order valence-electron chi connectivity index (χ1n) is 7.10. The molecule has 10 nitrogen and oxygen atoms in total. The molecule has 1 heterocycles. The Bertz CT molecular complexity index is 941. The van der Waals surface area contributed by atoms with E-state index in [2.05, 4.69) is 5.10 Å². The van der Waals surface area contributed by atoms with Gasteiger partial charge in [-0.25, -0.2) is 4.79 Å². The van der Waals surface area contributed by atoms with Crippen molar-refractivity contribution in [2.75, 3.05) is 6.26 Å². The van der Waals surface area contributed by atoms with Crippen LogP contribution in [0, 0.1) is 10.1 Å². The van der Waals surface area contributed by atoms with E-state index in [1.54, 1.807) is 20.8 Å². The van der Waals surface area contributed by atoms with Gasteiger partial charge in [-0.3, -0.25) is 14.3 Å². The molecule has 2 rings (SSSR count). The quantitative estimate of drug-likeness (QED) is 0.454. The maximum atomic E-state index is 12.2. The van der Waals surface area contributed by atoms with Crippen LogP contribution in [-0.2, 0) is 25.6 Å². The molecule has 1 aromatic carbocycles. The van der Waals surface area contributed by atoms with Gasteiger partial charge in [0.1, 0.15) is 5.60 Å². The Hall–Kier alpha value is -2.53. The fraction of sp³-hybridized carbons (Fsp3) is 0.429. The van der Waals surface area contributed by atoms with Gasteiger partial charge in [0.2, 0.25) is 0 Å². The maximum absolute atomic E-state index is 12.2. The fourth-order valence-corrected chi connectivity index (χ4v) is 2.37. The summed E-state index contributed by atoms with van der Waals surface area (Å²) in [7, 11) is -3.75. The van der Waals surface area contributed by atoms with Gasteiger partial charge in [0.15, 0.2) is 0 Å². The van der Waals surface area contributed by atoms with E-state index in [1.807, 2.05) is 0 Å². The Morgan fingerprint density at radius 3 is 2.52 bits per heavy atom. The number of carbonyl (C=O) groups excluding carboxylic acids is 1. The van der Waals surface area contributed by atoms with E-state index < -0.39 is 33.3 Å². The van der Waals surface area contributed by atoms with Crippen molar-refractivity contribution in [3.63, 3.8) is 0 Å².